The molecule has 3 rings (SSSR count). The molecule has 0 aromatic heterocycles. The minimum absolute atomic E-state index is 0.000563. The molecule has 0 N–H and O–H groups in total. The van der Waals surface area contributed by atoms with Gasteiger partial charge in [0.2, 0.25) is 0 Å². The van der Waals surface area contributed by atoms with Gasteiger partial charge in [0.15, 0.2) is 0 Å². The van der Waals surface area contributed by atoms with Crippen LogP contribution in [0.5, 0.6) is 0 Å². The average molecular weight is 694 g/mol. The van der Waals surface area contributed by atoms with Crippen LogP contribution in [0.1, 0.15) is 158 Å². The van der Waals surface area contributed by atoms with Crippen molar-refractivity contribution in [2.45, 2.75) is 183 Å². The van der Waals surface area contributed by atoms with Crippen molar-refractivity contribution in [1.82, 2.24) is 0 Å². The molecule has 0 aliphatic carbocycles. The van der Waals surface area contributed by atoms with Crippen molar-refractivity contribution >= 4 is 39.9 Å². The highest BCUT2D eigenvalue weighted by atomic mass is 31.2. The summed E-state index contributed by atoms with van der Waals surface area (Å²) in [5, 5.41) is 4.95. The summed E-state index contributed by atoms with van der Waals surface area (Å²) in [6, 6.07) is 10.3. The molecule has 4 heteroatoms. The molecule has 0 saturated carbocycles. The second-order valence-electron chi connectivity index (χ2n) is 21.3. The molecule has 2 aromatic rings. The molecule has 0 saturated heterocycles. The number of hydrogen-bond donors (Lipinski definition) is 0. The van der Waals surface area contributed by atoms with Crippen molar-refractivity contribution in [2.24, 2.45) is 0 Å². The molecule has 3 unspecified atom stereocenters. The molecule has 1 aliphatic heterocycles. The second kappa shape index (κ2) is 12.8. The van der Waals surface area contributed by atoms with Crippen molar-refractivity contribution in [1.29, 1.82) is 0 Å². The molecule has 1 aliphatic rings. The van der Waals surface area contributed by atoms with Gasteiger partial charge in [0.25, 0.3) is 0 Å². The Morgan fingerprint density at radius 1 is 0.574 bits per heavy atom. The quantitative estimate of drug-likeness (QED) is 0.176. The first-order valence-electron chi connectivity index (χ1n) is 17.9. The highest BCUT2D eigenvalue weighted by molar-refractivity contribution is 7.94. The van der Waals surface area contributed by atoms with E-state index in [4.69, 9.17) is 4.74 Å². The van der Waals surface area contributed by atoms with Gasteiger partial charge < -0.3 is 4.74 Å². The maximum atomic E-state index is 6.65. The van der Waals surface area contributed by atoms with Gasteiger partial charge in [-0.2, -0.15) is 7.92 Å². The zero-order chi connectivity index (χ0) is 36.7. The maximum absolute atomic E-state index is 6.65. The van der Waals surface area contributed by atoms with Crippen molar-refractivity contribution in [2.75, 3.05) is 7.11 Å². The van der Waals surface area contributed by atoms with Gasteiger partial charge >= 0.3 is 0 Å². The molecule has 0 fully saturated rings. The van der Waals surface area contributed by atoms with E-state index in [0.29, 0.717) is 0 Å². The van der Waals surface area contributed by atoms with Crippen LogP contribution in [0.15, 0.2) is 24.3 Å². The molecule has 0 radical (unpaired) electrons. The predicted octanol–water partition coefficient (Wildman–Crippen LogP) is 12.4. The summed E-state index contributed by atoms with van der Waals surface area (Å²) in [5.74, 6) is 4.29. The fourth-order valence-corrected chi connectivity index (χ4v) is 20.4. The van der Waals surface area contributed by atoms with Crippen LogP contribution >= 0.6 is 15.5 Å². The summed E-state index contributed by atoms with van der Waals surface area (Å²) in [6.07, 6.45) is 0. The lowest BCUT2D eigenvalue weighted by molar-refractivity contribution is 0.222. The predicted molar refractivity (Wildman–Crippen MR) is 221 cm³/mol. The Balaban J connectivity index is 2.62. The Kier molecular flexibility index (Phi) is 11.0. The SMILES string of the molecule is COC1[C-]=[P+](c2c(C(C)(C)C)cc(C(C)(C)C)cc2C(C)(C)C)[C-]([Si](C)(C)C)P1c1c(C(C)(C)C)cc(C(C)(C)C)cc1C(C)(C)C. The topological polar surface area (TPSA) is 9.23 Å². The first-order chi connectivity index (χ1) is 20.7. The molecule has 1 nitrogen and oxygen atoms in total. The highest BCUT2D eigenvalue weighted by Crippen LogP contribution is 2.71. The smallest absolute Gasteiger partial charge is 0.0902 e. The van der Waals surface area contributed by atoms with Gasteiger partial charge in [-0.15, -0.1) is 5.02 Å². The fourth-order valence-electron chi connectivity index (χ4n) is 6.62. The lowest BCUT2D eigenvalue weighted by atomic mass is 9.75. The van der Waals surface area contributed by atoms with Crippen LogP contribution in [0.2, 0.25) is 19.6 Å². The summed E-state index contributed by atoms with van der Waals surface area (Å²) < 4.78 is 6.65. The highest BCUT2D eigenvalue weighted by Gasteiger charge is 2.43. The minimum atomic E-state index is -1.87. The largest absolute Gasteiger partial charge is 0.407 e. The number of rotatable bonds is 4. The maximum Gasteiger partial charge on any atom is 0.0902 e. The van der Waals surface area contributed by atoms with Crippen molar-refractivity contribution in [3.05, 3.63) is 62.7 Å². The number of hydrogen-bond acceptors (Lipinski definition) is 1. The van der Waals surface area contributed by atoms with Gasteiger partial charge in [-0.25, -0.2) is 7.55 Å². The summed E-state index contributed by atoms with van der Waals surface area (Å²) in [5.41, 5.74) is 9.03. The molecule has 264 valence electrons. The van der Waals surface area contributed by atoms with Crippen LogP contribution in [0.25, 0.3) is 0 Å². The van der Waals surface area contributed by atoms with Gasteiger partial charge in [0.05, 0.1) is 5.30 Å². The van der Waals surface area contributed by atoms with E-state index in [-0.39, 0.29) is 38.3 Å². The van der Waals surface area contributed by atoms with Gasteiger partial charge in [-0.05, 0) is 65.9 Å². The lowest BCUT2D eigenvalue weighted by Crippen LogP contribution is -2.38. The Hall–Kier alpha value is -0.783. The summed E-state index contributed by atoms with van der Waals surface area (Å²) >= 11 is 0. The van der Waals surface area contributed by atoms with Crippen LogP contribution in [0.3, 0.4) is 0 Å². The van der Waals surface area contributed by atoms with E-state index >= 15 is 0 Å². The molecule has 1 heterocycles. The Morgan fingerprint density at radius 2 is 0.894 bits per heavy atom. The van der Waals surface area contributed by atoms with Gasteiger partial charge in [0, 0.05) is 18.2 Å². The van der Waals surface area contributed by atoms with E-state index < -0.39 is 23.5 Å². The van der Waals surface area contributed by atoms with Gasteiger partial charge in [0.1, 0.15) is 0 Å². The first kappa shape index (κ1) is 40.6. The van der Waals surface area contributed by atoms with E-state index in [1.165, 1.54) is 33.4 Å². The van der Waals surface area contributed by atoms with Crippen LogP contribution < -0.4 is 10.6 Å². The summed E-state index contributed by atoms with van der Waals surface area (Å²) in [6.45, 7) is 51.0. The average Bonchev–Trinajstić information content (AvgIpc) is 3.23. The first-order valence-corrected chi connectivity index (χ1v) is 24.1. The van der Waals surface area contributed by atoms with E-state index in [1.807, 2.05) is 7.11 Å². The summed E-state index contributed by atoms with van der Waals surface area (Å²) in [4.78, 5) is 0. The van der Waals surface area contributed by atoms with Gasteiger partial charge in [-0.3, -0.25) is 5.80 Å². The van der Waals surface area contributed by atoms with E-state index in [9.17, 15) is 0 Å². The molecular weight excluding hydrogens is 623 g/mol. The molecule has 47 heavy (non-hydrogen) atoms. The molecular formula is C43H71OP2Si-. The third-order valence-electron chi connectivity index (χ3n) is 9.46. The molecule has 3 atom stereocenters. The van der Waals surface area contributed by atoms with E-state index in [2.05, 4.69) is 174 Å². The second-order valence-corrected chi connectivity index (χ2v) is 31.5. The van der Waals surface area contributed by atoms with Gasteiger partial charge in [-0.1, -0.05) is 177 Å². The summed E-state index contributed by atoms with van der Waals surface area (Å²) in [7, 11) is -1.53. The van der Waals surface area contributed by atoms with Crippen LogP contribution in [-0.4, -0.2) is 26.8 Å². The monoisotopic (exact) mass is 693 g/mol. The minimum Gasteiger partial charge on any atom is -0.407 e. The molecule has 2 aromatic carbocycles. The normalized spacial score (nSPS) is 20.2. The Morgan fingerprint density at radius 3 is 1.15 bits per heavy atom. The number of benzene rings is 2. The van der Waals surface area contributed by atoms with Crippen LogP contribution in [0, 0.1) is 5.02 Å². The third-order valence-corrected chi connectivity index (χ3v) is 21.7. The Labute approximate surface area is 296 Å². The van der Waals surface area contributed by atoms with Crippen LogP contribution in [0.4, 0.5) is 0 Å². The lowest BCUT2D eigenvalue weighted by Gasteiger charge is -2.50. The molecule has 0 spiro atoms. The fraction of sp³-hybridized carbons (Fsp3) is 0.674. The van der Waals surface area contributed by atoms with E-state index in [0.717, 1.165) is 0 Å². The molecule has 0 bridgehead atoms. The van der Waals surface area contributed by atoms with Crippen molar-refractivity contribution < 1.29 is 4.74 Å². The standard InChI is InChI=1S/C43H71OP2Si/c1-38(2,3)28-23-30(40(7,8)9)35(31(24-28)41(10,11)12)45-27-34(44-19)46(37(45)47(20,21)22)36-32(42(13,14)15)25-29(39(4,5)6)26-33(36)43(16,17)18/h23-26,34H,1-22H3/q-1. The molecule has 0 amide bonds. The number of methoxy groups -OCH3 is 1. The number of ether oxygens (including phenoxy) is 1. The van der Waals surface area contributed by atoms with Crippen molar-refractivity contribution in [3.63, 3.8) is 0 Å². The zero-order valence-corrected chi connectivity index (χ0v) is 37.5. The zero-order valence-electron chi connectivity index (χ0n) is 34.7. The van der Waals surface area contributed by atoms with E-state index in [1.54, 1.807) is 15.6 Å². The van der Waals surface area contributed by atoms with Crippen LogP contribution in [-0.2, 0) is 37.2 Å². The van der Waals surface area contributed by atoms with Crippen molar-refractivity contribution in [3.8, 4) is 0 Å². The Bertz CT molecular complexity index is 1430. The third kappa shape index (κ3) is 8.58.